The summed E-state index contributed by atoms with van der Waals surface area (Å²) in [5, 5.41) is 16.6. The minimum absolute atomic E-state index is 0.00839. The highest BCUT2D eigenvalue weighted by Crippen LogP contribution is 2.49. The van der Waals surface area contributed by atoms with E-state index in [0.29, 0.717) is 5.56 Å². The first-order valence-corrected chi connectivity index (χ1v) is 9.33. The van der Waals surface area contributed by atoms with Crippen LogP contribution in [0, 0.1) is 11.7 Å². The average molecular weight is 379 g/mol. The molecule has 2 N–H and O–H groups in total. The number of halogens is 1. The van der Waals surface area contributed by atoms with Crippen molar-refractivity contribution in [3.63, 3.8) is 0 Å². The Morgan fingerprint density at radius 3 is 2.86 bits per heavy atom. The van der Waals surface area contributed by atoms with E-state index in [9.17, 15) is 19.1 Å². The predicted octanol–water partition coefficient (Wildman–Crippen LogP) is 2.52. The van der Waals surface area contributed by atoms with E-state index in [4.69, 9.17) is 0 Å². The van der Waals surface area contributed by atoms with Gasteiger partial charge in [-0.25, -0.2) is 4.39 Å². The van der Waals surface area contributed by atoms with Crippen LogP contribution >= 0.6 is 0 Å². The lowest BCUT2D eigenvalue weighted by Crippen LogP contribution is -2.32. The van der Waals surface area contributed by atoms with Gasteiger partial charge in [-0.3, -0.25) is 4.79 Å². The molecule has 144 valence electrons. The largest absolute Gasteiger partial charge is 0.550 e. The lowest BCUT2D eigenvalue weighted by atomic mass is 9.76. The quantitative estimate of drug-likeness (QED) is 0.783. The van der Waals surface area contributed by atoms with Crippen molar-refractivity contribution in [2.75, 3.05) is 11.9 Å². The Kier molecular flexibility index (Phi) is 4.86. The maximum atomic E-state index is 13.7. The second-order valence-electron chi connectivity index (χ2n) is 7.21. The molecule has 0 bridgehead atoms. The third-order valence-electron chi connectivity index (χ3n) is 5.45. The first kappa shape index (κ1) is 18.2. The van der Waals surface area contributed by atoms with Crippen molar-refractivity contribution in [3.8, 4) is 0 Å². The Morgan fingerprint density at radius 2 is 2.07 bits per heavy atom. The van der Waals surface area contributed by atoms with Crippen molar-refractivity contribution < 1.29 is 19.1 Å². The SMILES string of the molecule is O=C([O-])CCNC(=O)c1ccc2c(c1)[C@H]1C=CC[C@@H]1[C@@H](c1cccc(F)c1)N2. The summed E-state index contributed by atoms with van der Waals surface area (Å²) >= 11 is 0. The van der Waals surface area contributed by atoms with Gasteiger partial charge in [0.15, 0.2) is 0 Å². The number of hydrogen-bond donors (Lipinski definition) is 2. The molecule has 0 fully saturated rings. The molecule has 0 saturated heterocycles. The molecule has 0 saturated carbocycles. The number of aliphatic carboxylic acids is 1. The molecule has 1 heterocycles. The summed E-state index contributed by atoms with van der Waals surface area (Å²) in [5.74, 6) is -1.38. The maximum Gasteiger partial charge on any atom is 0.251 e. The molecule has 2 aromatic rings. The van der Waals surface area contributed by atoms with Gasteiger partial charge in [-0.1, -0.05) is 24.3 Å². The van der Waals surface area contributed by atoms with Gasteiger partial charge in [-0.2, -0.15) is 0 Å². The fraction of sp³-hybridized carbons (Fsp3) is 0.273. The molecule has 1 amide bonds. The van der Waals surface area contributed by atoms with E-state index in [1.54, 1.807) is 18.2 Å². The standard InChI is InChI=1S/C22H21FN2O3/c23-15-4-1-3-13(11-15)21-17-6-2-5-16(17)18-12-14(7-8-19(18)25-21)22(28)24-10-9-20(26)27/h1-5,7-8,11-12,16-17,21,25H,6,9-10H2,(H,24,28)(H,26,27)/p-1/t16-,17-,21+/m0/s1. The van der Waals surface area contributed by atoms with Crippen LogP contribution in [0.1, 0.15) is 46.3 Å². The Labute approximate surface area is 162 Å². The van der Waals surface area contributed by atoms with E-state index in [0.717, 1.165) is 23.2 Å². The molecule has 1 aliphatic carbocycles. The van der Waals surface area contributed by atoms with Gasteiger partial charge >= 0.3 is 0 Å². The number of allylic oxidation sites excluding steroid dienone is 2. The number of carbonyl (C=O) groups excluding carboxylic acids is 2. The fourth-order valence-electron chi connectivity index (χ4n) is 4.15. The van der Waals surface area contributed by atoms with Gasteiger partial charge in [-0.15, -0.1) is 0 Å². The summed E-state index contributed by atoms with van der Waals surface area (Å²) in [6.07, 6.45) is 4.93. The van der Waals surface area contributed by atoms with E-state index in [1.807, 2.05) is 18.2 Å². The van der Waals surface area contributed by atoms with Crippen LogP contribution in [0.15, 0.2) is 54.6 Å². The number of hydrogen-bond acceptors (Lipinski definition) is 4. The number of anilines is 1. The Morgan fingerprint density at radius 1 is 1.21 bits per heavy atom. The van der Waals surface area contributed by atoms with Crippen LogP contribution in [0.25, 0.3) is 0 Å². The van der Waals surface area contributed by atoms with Crippen LogP contribution in [-0.4, -0.2) is 18.4 Å². The first-order chi connectivity index (χ1) is 13.5. The zero-order valence-corrected chi connectivity index (χ0v) is 15.2. The Hall–Kier alpha value is -3.15. The van der Waals surface area contributed by atoms with Crippen LogP contribution in [0.3, 0.4) is 0 Å². The number of nitrogens with one attached hydrogen (secondary N) is 2. The fourth-order valence-corrected chi connectivity index (χ4v) is 4.15. The van der Waals surface area contributed by atoms with Crippen molar-refractivity contribution in [1.82, 2.24) is 5.32 Å². The number of benzene rings is 2. The van der Waals surface area contributed by atoms with Crippen molar-refractivity contribution in [2.24, 2.45) is 5.92 Å². The molecule has 3 atom stereocenters. The van der Waals surface area contributed by atoms with E-state index in [-0.39, 0.29) is 42.6 Å². The smallest absolute Gasteiger partial charge is 0.251 e. The van der Waals surface area contributed by atoms with Gasteiger partial charge in [0.1, 0.15) is 5.82 Å². The second-order valence-corrected chi connectivity index (χ2v) is 7.21. The lowest BCUT2D eigenvalue weighted by molar-refractivity contribution is -0.305. The third kappa shape index (κ3) is 3.50. The predicted molar refractivity (Wildman–Crippen MR) is 101 cm³/mol. The van der Waals surface area contributed by atoms with Gasteiger partial charge in [0.25, 0.3) is 5.91 Å². The lowest BCUT2D eigenvalue weighted by Gasteiger charge is -2.37. The summed E-state index contributed by atoms with van der Waals surface area (Å²) in [5.41, 5.74) is 3.35. The molecular weight excluding hydrogens is 359 g/mol. The van der Waals surface area contributed by atoms with E-state index in [1.165, 1.54) is 6.07 Å². The zero-order chi connectivity index (χ0) is 19.7. The highest BCUT2D eigenvalue weighted by molar-refractivity contribution is 5.95. The van der Waals surface area contributed by atoms with Crippen LogP contribution in [-0.2, 0) is 4.79 Å². The third-order valence-corrected chi connectivity index (χ3v) is 5.45. The summed E-state index contributed by atoms with van der Waals surface area (Å²) in [6, 6.07) is 12.1. The Bertz CT molecular complexity index is 957. The number of carbonyl (C=O) groups is 2. The number of carboxylic acid groups (broad SMARTS) is 1. The minimum atomic E-state index is -1.20. The number of fused-ring (bicyclic) bond motifs is 3. The maximum absolute atomic E-state index is 13.7. The molecule has 6 heteroatoms. The summed E-state index contributed by atoms with van der Waals surface area (Å²) in [4.78, 5) is 22.8. The molecular formula is C22H20FN2O3-. The van der Waals surface area contributed by atoms with Crippen molar-refractivity contribution in [1.29, 1.82) is 0 Å². The molecule has 0 radical (unpaired) electrons. The molecule has 28 heavy (non-hydrogen) atoms. The van der Waals surface area contributed by atoms with E-state index < -0.39 is 5.97 Å². The molecule has 0 aromatic heterocycles. The number of rotatable bonds is 5. The van der Waals surface area contributed by atoms with Crippen LogP contribution < -0.4 is 15.7 Å². The van der Waals surface area contributed by atoms with Crippen LogP contribution in [0.5, 0.6) is 0 Å². The molecule has 2 aromatic carbocycles. The second kappa shape index (κ2) is 7.46. The highest BCUT2D eigenvalue weighted by Gasteiger charge is 2.38. The van der Waals surface area contributed by atoms with Gasteiger partial charge in [0.05, 0.1) is 6.04 Å². The average Bonchev–Trinajstić information content (AvgIpc) is 3.16. The molecule has 0 spiro atoms. The number of carboxylic acids is 1. The molecule has 1 aliphatic heterocycles. The molecule has 2 aliphatic rings. The molecule has 5 nitrogen and oxygen atoms in total. The van der Waals surface area contributed by atoms with Crippen LogP contribution in [0.2, 0.25) is 0 Å². The summed E-state index contributed by atoms with van der Waals surface area (Å²) < 4.78 is 13.7. The first-order valence-electron chi connectivity index (χ1n) is 9.33. The normalized spacial score (nSPS) is 22.1. The molecule has 0 unspecified atom stereocenters. The monoisotopic (exact) mass is 379 g/mol. The van der Waals surface area contributed by atoms with Crippen molar-refractivity contribution >= 4 is 17.6 Å². The summed E-state index contributed by atoms with van der Waals surface area (Å²) in [6.45, 7) is 0.0318. The van der Waals surface area contributed by atoms with Crippen molar-refractivity contribution in [3.05, 3.63) is 77.1 Å². The molecule has 4 rings (SSSR count). The summed E-state index contributed by atoms with van der Waals surface area (Å²) in [7, 11) is 0. The topological polar surface area (TPSA) is 81.3 Å². The van der Waals surface area contributed by atoms with Gasteiger partial charge in [0.2, 0.25) is 0 Å². The highest BCUT2D eigenvalue weighted by atomic mass is 19.1. The zero-order valence-electron chi connectivity index (χ0n) is 15.2. The van der Waals surface area contributed by atoms with Gasteiger partial charge in [0, 0.05) is 36.1 Å². The number of amides is 1. The van der Waals surface area contributed by atoms with Gasteiger partial charge in [-0.05, 0) is 53.8 Å². The van der Waals surface area contributed by atoms with Gasteiger partial charge < -0.3 is 20.5 Å². The van der Waals surface area contributed by atoms with E-state index in [2.05, 4.69) is 22.8 Å². The Balaban J connectivity index is 1.60. The minimum Gasteiger partial charge on any atom is -0.550 e. The van der Waals surface area contributed by atoms with Crippen molar-refractivity contribution in [2.45, 2.75) is 24.8 Å². The van der Waals surface area contributed by atoms with E-state index >= 15 is 0 Å². The van der Waals surface area contributed by atoms with Crippen LogP contribution in [0.4, 0.5) is 10.1 Å².